The summed E-state index contributed by atoms with van der Waals surface area (Å²) in [6.07, 6.45) is 5.11. The first-order chi connectivity index (χ1) is 9.28. The highest BCUT2D eigenvalue weighted by Gasteiger charge is 2.24. The van der Waals surface area contributed by atoms with Gasteiger partial charge in [0.25, 0.3) is 0 Å². The van der Waals surface area contributed by atoms with Gasteiger partial charge >= 0.3 is 5.97 Å². The molecule has 2 N–H and O–H groups in total. The van der Waals surface area contributed by atoms with Crippen LogP contribution in [0.25, 0.3) is 11.0 Å². The Bertz CT molecular complexity index is 602. The predicted molar refractivity (Wildman–Crippen MR) is 71.7 cm³/mol. The Morgan fingerprint density at radius 3 is 3.05 bits per heavy atom. The Kier molecular flexibility index (Phi) is 3.21. The van der Waals surface area contributed by atoms with Crippen LogP contribution in [-0.4, -0.2) is 28.7 Å². The lowest BCUT2D eigenvalue weighted by Crippen LogP contribution is -2.17. The topological polar surface area (TPSA) is 70.1 Å². The number of imidazole rings is 1. The fourth-order valence-electron chi connectivity index (χ4n) is 2.22. The maximum atomic E-state index is 10.9. The molecule has 3 rings (SSSR count). The van der Waals surface area contributed by atoms with Gasteiger partial charge in [0.15, 0.2) is 0 Å². The first-order valence-electron chi connectivity index (χ1n) is 6.59. The van der Waals surface area contributed by atoms with Gasteiger partial charge in [-0.3, -0.25) is 4.79 Å². The molecule has 0 radical (unpaired) electrons. The Labute approximate surface area is 111 Å². The van der Waals surface area contributed by atoms with Crippen LogP contribution >= 0.6 is 0 Å². The smallest absolute Gasteiger partial charge is 0.319 e. The molecule has 100 valence electrons. The van der Waals surface area contributed by atoms with E-state index in [0.29, 0.717) is 19.1 Å². The molecule has 0 spiro atoms. The molecule has 0 aliphatic heterocycles. The minimum atomic E-state index is -0.362. The lowest BCUT2D eigenvalue weighted by atomic mass is 10.1. The normalized spacial score (nSPS) is 14.8. The zero-order valence-corrected chi connectivity index (χ0v) is 10.7. The third kappa shape index (κ3) is 2.61. The largest absolute Gasteiger partial charge is 0.464 e. The van der Waals surface area contributed by atoms with Crippen LogP contribution in [0.5, 0.6) is 0 Å². The summed E-state index contributed by atoms with van der Waals surface area (Å²) >= 11 is 0. The van der Waals surface area contributed by atoms with E-state index in [0.717, 1.165) is 11.1 Å². The highest BCUT2D eigenvalue weighted by molar-refractivity contribution is 5.76. The molecule has 1 fully saturated rings. The van der Waals surface area contributed by atoms with Crippen molar-refractivity contribution < 1.29 is 9.53 Å². The van der Waals surface area contributed by atoms with Gasteiger partial charge in [0.2, 0.25) is 0 Å². The molecule has 0 atom stereocenters. The van der Waals surface area contributed by atoms with E-state index < -0.39 is 0 Å². The van der Waals surface area contributed by atoms with Crippen LogP contribution in [0, 0.1) is 0 Å². The summed E-state index contributed by atoms with van der Waals surface area (Å²) in [5, 5.41) is 0. The SMILES string of the molecule is NCC(=O)OCCc1ccc2c(c1)ncn2C1CC1. The first-order valence-corrected chi connectivity index (χ1v) is 6.59. The number of rotatable bonds is 5. The molecule has 0 bridgehead atoms. The van der Waals surface area contributed by atoms with Crippen molar-refractivity contribution >= 4 is 17.0 Å². The van der Waals surface area contributed by atoms with Crippen LogP contribution in [0.3, 0.4) is 0 Å². The number of fused-ring (bicyclic) bond motifs is 1. The molecule has 1 aliphatic carbocycles. The van der Waals surface area contributed by atoms with Crippen molar-refractivity contribution in [1.82, 2.24) is 9.55 Å². The van der Waals surface area contributed by atoms with E-state index >= 15 is 0 Å². The zero-order chi connectivity index (χ0) is 13.2. The minimum Gasteiger partial charge on any atom is -0.464 e. The van der Waals surface area contributed by atoms with E-state index in [-0.39, 0.29) is 12.5 Å². The molecule has 5 heteroatoms. The average molecular weight is 259 g/mol. The van der Waals surface area contributed by atoms with Crippen molar-refractivity contribution in [3.63, 3.8) is 0 Å². The van der Waals surface area contributed by atoms with Gasteiger partial charge < -0.3 is 15.0 Å². The molecule has 0 unspecified atom stereocenters. The number of hydrogen-bond donors (Lipinski definition) is 1. The van der Waals surface area contributed by atoms with Gasteiger partial charge in [0.1, 0.15) is 0 Å². The molecule has 0 amide bonds. The Hall–Kier alpha value is -1.88. The second kappa shape index (κ2) is 5.01. The van der Waals surface area contributed by atoms with E-state index in [2.05, 4.69) is 27.8 Å². The molecule has 1 heterocycles. The standard InChI is InChI=1S/C14H17N3O2/c15-8-14(18)19-6-5-10-1-4-13-12(7-10)16-9-17(13)11-2-3-11/h1,4,7,9,11H,2-3,5-6,8,15H2. The van der Waals surface area contributed by atoms with Crippen molar-refractivity contribution in [2.75, 3.05) is 13.2 Å². The molecule has 0 saturated heterocycles. The van der Waals surface area contributed by atoms with E-state index in [1.807, 2.05) is 6.33 Å². The van der Waals surface area contributed by atoms with Crippen LogP contribution in [0.1, 0.15) is 24.4 Å². The molecule has 1 aliphatic rings. The molecule has 1 saturated carbocycles. The summed E-state index contributed by atoms with van der Waals surface area (Å²) in [7, 11) is 0. The Balaban J connectivity index is 1.69. The fraction of sp³-hybridized carbons (Fsp3) is 0.429. The van der Waals surface area contributed by atoms with Gasteiger partial charge in [-0.25, -0.2) is 4.98 Å². The summed E-state index contributed by atoms with van der Waals surface area (Å²) < 4.78 is 7.21. The molecule has 19 heavy (non-hydrogen) atoms. The van der Waals surface area contributed by atoms with Gasteiger partial charge in [0, 0.05) is 12.5 Å². The van der Waals surface area contributed by atoms with Gasteiger partial charge in [0.05, 0.1) is 30.5 Å². The zero-order valence-electron chi connectivity index (χ0n) is 10.7. The number of esters is 1. The summed E-state index contributed by atoms with van der Waals surface area (Å²) in [4.78, 5) is 15.4. The van der Waals surface area contributed by atoms with Gasteiger partial charge in [-0.15, -0.1) is 0 Å². The molecular weight excluding hydrogens is 242 g/mol. The second-order valence-corrected chi connectivity index (χ2v) is 4.88. The van der Waals surface area contributed by atoms with Crippen molar-refractivity contribution in [2.45, 2.75) is 25.3 Å². The van der Waals surface area contributed by atoms with Gasteiger partial charge in [-0.1, -0.05) is 6.07 Å². The van der Waals surface area contributed by atoms with Crippen molar-refractivity contribution in [3.05, 3.63) is 30.1 Å². The fourth-order valence-corrected chi connectivity index (χ4v) is 2.22. The quantitative estimate of drug-likeness (QED) is 0.824. The van der Waals surface area contributed by atoms with Gasteiger partial charge in [-0.2, -0.15) is 0 Å². The van der Waals surface area contributed by atoms with Crippen LogP contribution in [0.15, 0.2) is 24.5 Å². The van der Waals surface area contributed by atoms with E-state index in [4.69, 9.17) is 10.5 Å². The maximum Gasteiger partial charge on any atom is 0.319 e. The molecule has 1 aromatic carbocycles. The third-order valence-corrected chi connectivity index (χ3v) is 3.40. The number of nitrogens with two attached hydrogens (primary N) is 1. The number of ether oxygens (including phenoxy) is 1. The minimum absolute atomic E-state index is 0.0647. The van der Waals surface area contributed by atoms with Crippen molar-refractivity contribution in [2.24, 2.45) is 5.73 Å². The first kappa shape index (κ1) is 12.2. The average Bonchev–Trinajstić information content (AvgIpc) is 3.18. The predicted octanol–water partition coefficient (Wildman–Crippen LogP) is 1.42. The van der Waals surface area contributed by atoms with Crippen LogP contribution in [0.4, 0.5) is 0 Å². The number of hydrogen-bond acceptors (Lipinski definition) is 4. The van der Waals surface area contributed by atoms with Crippen LogP contribution in [-0.2, 0) is 16.0 Å². The molecule has 5 nitrogen and oxygen atoms in total. The third-order valence-electron chi connectivity index (χ3n) is 3.40. The summed E-state index contributed by atoms with van der Waals surface area (Å²) in [6.45, 7) is 0.301. The number of nitrogens with zero attached hydrogens (tertiary/aromatic N) is 2. The van der Waals surface area contributed by atoms with Crippen molar-refractivity contribution in [3.8, 4) is 0 Å². The lowest BCUT2D eigenvalue weighted by Gasteiger charge is -2.04. The number of carbonyl (C=O) groups excluding carboxylic acids is 1. The highest BCUT2D eigenvalue weighted by Crippen LogP contribution is 2.37. The Morgan fingerprint density at radius 2 is 2.32 bits per heavy atom. The number of carbonyl (C=O) groups is 1. The van der Waals surface area contributed by atoms with Crippen molar-refractivity contribution in [1.29, 1.82) is 0 Å². The molecule has 1 aromatic heterocycles. The highest BCUT2D eigenvalue weighted by atomic mass is 16.5. The van der Waals surface area contributed by atoms with E-state index in [1.165, 1.54) is 18.4 Å². The second-order valence-electron chi connectivity index (χ2n) is 4.88. The summed E-state index contributed by atoms with van der Waals surface area (Å²) in [5.41, 5.74) is 8.49. The van der Waals surface area contributed by atoms with E-state index in [9.17, 15) is 4.79 Å². The number of aromatic nitrogens is 2. The van der Waals surface area contributed by atoms with Crippen LogP contribution < -0.4 is 5.73 Å². The maximum absolute atomic E-state index is 10.9. The summed E-state index contributed by atoms with van der Waals surface area (Å²) in [6, 6.07) is 6.87. The lowest BCUT2D eigenvalue weighted by molar-refractivity contribution is -0.141. The van der Waals surface area contributed by atoms with Gasteiger partial charge in [-0.05, 0) is 30.5 Å². The molecule has 2 aromatic rings. The number of benzene rings is 1. The molecular formula is C14H17N3O2. The summed E-state index contributed by atoms with van der Waals surface area (Å²) in [5.74, 6) is -0.362. The van der Waals surface area contributed by atoms with Crippen LogP contribution in [0.2, 0.25) is 0 Å². The Morgan fingerprint density at radius 1 is 1.47 bits per heavy atom. The van der Waals surface area contributed by atoms with E-state index in [1.54, 1.807) is 0 Å². The monoisotopic (exact) mass is 259 g/mol.